The molecule has 16 heavy (non-hydrogen) atoms. The van der Waals surface area contributed by atoms with Crippen LogP contribution >= 0.6 is 11.3 Å². The van der Waals surface area contributed by atoms with E-state index in [1.54, 1.807) is 0 Å². The molecule has 0 fully saturated rings. The number of thiophene rings is 1. The maximum Gasteiger partial charge on any atom is 0.0357 e. The second kappa shape index (κ2) is 3.80. The smallest absolute Gasteiger partial charge is 0.0357 e. The molecule has 3 rings (SSSR count). The number of rotatable bonds is 1. The molecule has 1 aliphatic rings. The Kier molecular flexibility index (Phi) is 2.29. The Hall–Kier alpha value is -1.54. The lowest BCUT2D eigenvalue weighted by Crippen LogP contribution is -2.01. The third-order valence-corrected chi connectivity index (χ3v) is 4.11. The summed E-state index contributed by atoms with van der Waals surface area (Å²) in [4.78, 5) is 1.32. The minimum atomic E-state index is 0.929. The summed E-state index contributed by atoms with van der Waals surface area (Å²) < 4.78 is 1.34. The van der Waals surface area contributed by atoms with E-state index in [4.69, 9.17) is 5.73 Å². The minimum absolute atomic E-state index is 0.929. The molecule has 0 saturated carbocycles. The lowest BCUT2D eigenvalue weighted by Gasteiger charge is -2.10. The van der Waals surface area contributed by atoms with Crippen molar-refractivity contribution in [3.63, 3.8) is 0 Å². The Morgan fingerprint density at radius 3 is 2.88 bits per heavy atom. The van der Waals surface area contributed by atoms with Gasteiger partial charge in [-0.3, -0.25) is 0 Å². The highest BCUT2D eigenvalue weighted by atomic mass is 32.1. The Morgan fingerprint density at radius 1 is 1.19 bits per heavy atom. The fourth-order valence-corrected chi connectivity index (χ4v) is 3.24. The SMILES string of the molecule is NC1=C(c2cc3ccccc3s2)CCC=C1. The Morgan fingerprint density at radius 2 is 2.06 bits per heavy atom. The first kappa shape index (κ1) is 9.67. The second-order valence-electron chi connectivity index (χ2n) is 4.02. The molecule has 2 heteroatoms. The standard InChI is InChI=1S/C14H13NS/c15-12-7-3-2-6-11(12)14-9-10-5-1-4-8-13(10)16-14/h1,3-5,7-9H,2,6,15H2. The highest BCUT2D eigenvalue weighted by Crippen LogP contribution is 2.34. The van der Waals surface area contributed by atoms with Crippen molar-refractivity contribution in [2.24, 2.45) is 5.73 Å². The summed E-state index contributed by atoms with van der Waals surface area (Å²) in [7, 11) is 0. The van der Waals surface area contributed by atoms with Gasteiger partial charge in [0.15, 0.2) is 0 Å². The van der Waals surface area contributed by atoms with Crippen molar-refractivity contribution in [2.45, 2.75) is 12.8 Å². The van der Waals surface area contributed by atoms with Gasteiger partial charge in [-0.15, -0.1) is 11.3 Å². The zero-order valence-corrected chi connectivity index (χ0v) is 9.76. The largest absolute Gasteiger partial charge is 0.398 e. The summed E-state index contributed by atoms with van der Waals surface area (Å²) in [6.07, 6.45) is 6.34. The Bertz CT molecular complexity index is 557. The molecular weight excluding hydrogens is 214 g/mol. The van der Waals surface area contributed by atoms with Gasteiger partial charge in [0.25, 0.3) is 0 Å². The molecule has 1 heterocycles. The number of nitrogens with two attached hydrogens (primary N) is 1. The van der Waals surface area contributed by atoms with Gasteiger partial charge in [-0.1, -0.05) is 24.3 Å². The van der Waals surface area contributed by atoms with E-state index < -0.39 is 0 Å². The van der Waals surface area contributed by atoms with Crippen LogP contribution in [0.25, 0.3) is 15.7 Å². The maximum atomic E-state index is 6.03. The molecule has 0 spiro atoms. The van der Waals surface area contributed by atoms with Gasteiger partial charge in [-0.25, -0.2) is 0 Å². The zero-order chi connectivity index (χ0) is 11.0. The first-order valence-electron chi connectivity index (χ1n) is 5.49. The summed E-state index contributed by atoms with van der Waals surface area (Å²) in [5.74, 6) is 0. The van der Waals surface area contributed by atoms with Crippen LogP contribution in [0.5, 0.6) is 0 Å². The van der Waals surface area contributed by atoms with E-state index in [2.05, 4.69) is 36.4 Å². The van der Waals surface area contributed by atoms with Gasteiger partial charge in [0.05, 0.1) is 0 Å². The van der Waals surface area contributed by atoms with E-state index in [0.29, 0.717) is 0 Å². The fourth-order valence-electron chi connectivity index (χ4n) is 2.08. The van der Waals surface area contributed by atoms with Crippen LogP contribution in [-0.2, 0) is 0 Å². The van der Waals surface area contributed by atoms with E-state index in [0.717, 1.165) is 18.5 Å². The summed E-state index contributed by atoms with van der Waals surface area (Å²) in [6.45, 7) is 0. The van der Waals surface area contributed by atoms with Crippen LogP contribution in [0.4, 0.5) is 0 Å². The van der Waals surface area contributed by atoms with Gasteiger partial charge in [-0.05, 0) is 42.0 Å². The molecular formula is C14H13NS. The molecule has 1 aromatic heterocycles. The lowest BCUT2D eigenvalue weighted by atomic mass is 10.0. The topological polar surface area (TPSA) is 26.0 Å². The molecule has 0 radical (unpaired) electrons. The van der Waals surface area contributed by atoms with E-state index >= 15 is 0 Å². The molecule has 2 aromatic rings. The molecule has 80 valence electrons. The van der Waals surface area contributed by atoms with Gasteiger partial charge in [0.1, 0.15) is 0 Å². The number of hydrogen-bond acceptors (Lipinski definition) is 2. The molecule has 2 N–H and O–H groups in total. The van der Waals surface area contributed by atoms with Crippen LogP contribution in [0.15, 0.2) is 48.2 Å². The van der Waals surface area contributed by atoms with Crippen LogP contribution in [0.3, 0.4) is 0 Å². The van der Waals surface area contributed by atoms with Crippen LogP contribution in [0.1, 0.15) is 17.7 Å². The van der Waals surface area contributed by atoms with E-state index in [1.807, 2.05) is 17.4 Å². The first-order valence-corrected chi connectivity index (χ1v) is 6.30. The van der Waals surface area contributed by atoms with Crippen LogP contribution in [0, 0.1) is 0 Å². The van der Waals surface area contributed by atoms with Gasteiger partial charge >= 0.3 is 0 Å². The van der Waals surface area contributed by atoms with Crippen molar-refractivity contribution in [1.82, 2.24) is 0 Å². The fraction of sp³-hybridized carbons (Fsp3) is 0.143. The normalized spacial score (nSPS) is 16.0. The van der Waals surface area contributed by atoms with Crippen molar-refractivity contribution in [2.75, 3.05) is 0 Å². The second-order valence-corrected chi connectivity index (χ2v) is 5.11. The zero-order valence-electron chi connectivity index (χ0n) is 8.94. The van der Waals surface area contributed by atoms with Gasteiger partial charge in [0, 0.05) is 15.3 Å². The third kappa shape index (κ3) is 1.55. The average molecular weight is 227 g/mol. The molecule has 1 aromatic carbocycles. The molecule has 1 nitrogen and oxygen atoms in total. The summed E-state index contributed by atoms with van der Waals surface area (Å²) in [5.41, 5.74) is 8.27. The first-order chi connectivity index (χ1) is 7.84. The molecule has 1 aliphatic carbocycles. The molecule has 0 bridgehead atoms. The van der Waals surface area contributed by atoms with Crippen molar-refractivity contribution < 1.29 is 0 Å². The van der Waals surface area contributed by atoms with E-state index in [9.17, 15) is 0 Å². The maximum absolute atomic E-state index is 6.03. The van der Waals surface area contributed by atoms with Crippen molar-refractivity contribution in [3.8, 4) is 0 Å². The summed E-state index contributed by atoms with van der Waals surface area (Å²) in [6, 6.07) is 10.7. The summed E-state index contributed by atoms with van der Waals surface area (Å²) >= 11 is 1.84. The van der Waals surface area contributed by atoms with Crippen molar-refractivity contribution in [1.29, 1.82) is 0 Å². The Balaban J connectivity index is 2.16. The number of allylic oxidation sites excluding steroid dienone is 3. The summed E-state index contributed by atoms with van der Waals surface area (Å²) in [5, 5.41) is 1.32. The monoisotopic (exact) mass is 227 g/mol. The molecule has 0 atom stereocenters. The Labute approximate surface area is 98.9 Å². The quantitative estimate of drug-likeness (QED) is 0.785. The van der Waals surface area contributed by atoms with E-state index in [1.165, 1.54) is 20.5 Å². The highest BCUT2D eigenvalue weighted by Gasteiger charge is 2.11. The molecule has 0 aliphatic heterocycles. The molecule has 0 amide bonds. The van der Waals surface area contributed by atoms with Gasteiger partial charge in [0.2, 0.25) is 0 Å². The lowest BCUT2D eigenvalue weighted by molar-refractivity contribution is 1.04. The highest BCUT2D eigenvalue weighted by molar-refractivity contribution is 7.20. The van der Waals surface area contributed by atoms with Crippen LogP contribution in [0.2, 0.25) is 0 Å². The third-order valence-electron chi connectivity index (χ3n) is 2.93. The van der Waals surface area contributed by atoms with Crippen LogP contribution < -0.4 is 5.73 Å². The van der Waals surface area contributed by atoms with Gasteiger partial charge in [-0.2, -0.15) is 0 Å². The van der Waals surface area contributed by atoms with Crippen molar-refractivity contribution >= 4 is 27.0 Å². The average Bonchev–Trinajstić information content (AvgIpc) is 2.73. The molecule has 0 saturated heterocycles. The predicted octanol–water partition coefficient (Wildman–Crippen LogP) is 3.92. The van der Waals surface area contributed by atoms with Crippen molar-refractivity contribution in [3.05, 3.63) is 53.1 Å². The van der Waals surface area contributed by atoms with Gasteiger partial charge < -0.3 is 5.73 Å². The van der Waals surface area contributed by atoms with E-state index in [-0.39, 0.29) is 0 Å². The number of hydrogen-bond donors (Lipinski definition) is 1. The number of benzene rings is 1. The predicted molar refractivity (Wildman–Crippen MR) is 71.3 cm³/mol. The van der Waals surface area contributed by atoms with Crippen LogP contribution in [-0.4, -0.2) is 0 Å². The molecule has 0 unspecified atom stereocenters. The minimum Gasteiger partial charge on any atom is -0.398 e. The number of fused-ring (bicyclic) bond motifs is 1.